The molecule has 162 valence electrons. The van der Waals surface area contributed by atoms with Gasteiger partial charge in [-0.2, -0.15) is 5.43 Å². The minimum Gasteiger partial charge on any atom is -0.303 e. The summed E-state index contributed by atoms with van der Waals surface area (Å²) in [6, 6.07) is 15.7. The fourth-order valence-corrected chi connectivity index (χ4v) is 5.31. The maximum Gasteiger partial charge on any atom is 0.337 e. The van der Waals surface area contributed by atoms with Crippen molar-refractivity contribution in [1.29, 1.82) is 0 Å². The Balaban J connectivity index is 1.44. The highest BCUT2D eigenvalue weighted by Gasteiger charge is 2.54. The van der Waals surface area contributed by atoms with Gasteiger partial charge in [0.25, 0.3) is 0 Å². The summed E-state index contributed by atoms with van der Waals surface area (Å²) in [5, 5.41) is 2.27. The van der Waals surface area contributed by atoms with E-state index >= 15 is 0 Å². The normalized spacial score (nSPS) is 25.6. The minimum absolute atomic E-state index is 0.0371. The fraction of sp³-hybridized carbons (Fsp3) is 0.417. The summed E-state index contributed by atoms with van der Waals surface area (Å²) in [5.41, 5.74) is 6.53. The molecule has 2 saturated heterocycles. The molecule has 2 aromatic rings. The molecule has 0 spiro atoms. The van der Waals surface area contributed by atoms with Gasteiger partial charge in [-0.3, -0.25) is 14.7 Å². The van der Waals surface area contributed by atoms with Crippen molar-refractivity contribution in [3.05, 3.63) is 70.2 Å². The number of hydrogen-bond acceptors (Lipinski definition) is 3. The molecule has 1 N–H and O–H groups in total. The van der Waals surface area contributed by atoms with Crippen molar-refractivity contribution in [1.82, 2.24) is 20.2 Å². The maximum atomic E-state index is 13.5. The van der Waals surface area contributed by atoms with Gasteiger partial charge in [-0.25, -0.2) is 4.79 Å². The molecule has 1 aliphatic carbocycles. The van der Waals surface area contributed by atoms with Crippen molar-refractivity contribution in [3.8, 4) is 0 Å². The average Bonchev–Trinajstić information content (AvgIpc) is 3.08. The molecule has 0 bridgehead atoms. The number of carbonyl (C=O) groups excluding carboxylic acids is 2. The van der Waals surface area contributed by atoms with Gasteiger partial charge in [0.1, 0.15) is 0 Å². The summed E-state index contributed by atoms with van der Waals surface area (Å²) in [6.45, 7) is 2.93. The summed E-state index contributed by atoms with van der Waals surface area (Å²) in [7, 11) is 0. The van der Waals surface area contributed by atoms with E-state index in [1.165, 1.54) is 5.56 Å². The van der Waals surface area contributed by atoms with E-state index in [2.05, 4.69) is 36.6 Å². The van der Waals surface area contributed by atoms with Crippen molar-refractivity contribution < 1.29 is 9.59 Å². The standard InChI is InChI=1S/C24H27ClN4O2/c1-16-9-11-17(12-10-16)14-27-22(30)20-7-2-3-8-21(20)29-23(27)26-28(24(29)31)15-18-5-4-6-19(25)13-18/h4-6,9-13,20-21,23,26H,2-3,7-8,14-15H2,1H3. The van der Waals surface area contributed by atoms with Gasteiger partial charge in [-0.05, 0) is 43.0 Å². The zero-order valence-electron chi connectivity index (χ0n) is 17.6. The second kappa shape index (κ2) is 8.17. The molecule has 3 aliphatic rings. The van der Waals surface area contributed by atoms with Crippen LogP contribution in [-0.4, -0.2) is 39.1 Å². The highest BCUT2D eigenvalue weighted by Crippen LogP contribution is 2.39. The van der Waals surface area contributed by atoms with Crippen LogP contribution in [0.1, 0.15) is 42.4 Å². The number of nitrogens with one attached hydrogen (secondary N) is 1. The lowest BCUT2D eigenvalue weighted by molar-refractivity contribution is -0.157. The van der Waals surface area contributed by atoms with E-state index in [1.54, 1.807) is 5.01 Å². The second-order valence-electron chi connectivity index (χ2n) is 8.82. The van der Waals surface area contributed by atoms with Crippen molar-refractivity contribution >= 4 is 23.5 Å². The number of nitrogens with zero attached hydrogens (tertiary/aromatic N) is 3. The number of benzene rings is 2. The first kappa shape index (κ1) is 20.3. The maximum absolute atomic E-state index is 13.5. The molecule has 2 aromatic carbocycles. The first-order valence-corrected chi connectivity index (χ1v) is 11.4. The van der Waals surface area contributed by atoms with E-state index in [4.69, 9.17) is 11.6 Å². The Morgan fingerprint density at radius 1 is 1.00 bits per heavy atom. The van der Waals surface area contributed by atoms with Crippen molar-refractivity contribution in [3.63, 3.8) is 0 Å². The second-order valence-corrected chi connectivity index (χ2v) is 9.26. The first-order chi connectivity index (χ1) is 15.0. The zero-order valence-corrected chi connectivity index (χ0v) is 18.4. The molecule has 1 saturated carbocycles. The van der Waals surface area contributed by atoms with Gasteiger partial charge in [-0.15, -0.1) is 0 Å². The van der Waals surface area contributed by atoms with E-state index in [9.17, 15) is 9.59 Å². The van der Waals surface area contributed by atoms with Crippen LogP contribution in [0.2, 0.25) is 5.02 Å². The molecule has 3 fully saturated rings. The molecule has 3 atom stereocenters. The molecular formula is C24H27ClN4O2. The predicted molar refractivity (Wildman–Crippen MR) is 119 cm³/mol. The summed E-state index contributed by atoms with van der Waals surface area (Å²) in [4.78, 5) is 30.7. The third kappa shape index (κ3) is 3.79. The molecular weight excluding hydrogens is 412 g/mol. The SMILES string of the molecule is Cc1ccc(CN2C(=O)C3CCCCC3N3C(=O)N(Cc4cccc(Cl)c4)NC23)cc1. The Morgan fingerprint density at radius 3 is 2.55 bits per heavy atom. The van der Waals surface area contributed by atoms with Crippen LogP contribution < -0.4 is 5.43 Å². The van der Waals surface area contributed by atoms with E-state index in [0.717, 1.165) is 36.8 Å². The molecule has 0 aromatic heterocycles. The number of hydrazine groups is 1. The molecule has 31 heavy (non-hydrogen) atoms. The lowest BCUT2D eigenvalue weighted by Gasteiger charge is -2.48. The Kier molecular flexibility index (Phi) is 5.36. The Bertz CT molecular complexity index is 995. The van der Waals surface area contributed by atoms with Crippen LogP contribution in [0.3, 0.4) is 0 Å². The van der Waals surface area contributed by atoms with Crippen LogP contribution in [0, 0.1) is 12.8 Å². The van der Waals surface area contributed by atoms with Gasteiger partial charge in [0.2, 0.25) is 5.91 Å². The smallest absolute Gasteiger partial charge is 0.303 e. The average molecular weight is 439 g/mol. The minimum atomic E-state index is -0.458. The third-order valence-electron chi connectivity index (χ3n) is 6.67. The number of aryl methyl sites for hydroxylation is 1. The summed E-state index contributed by atoms with van der Waals surface area (Å²) in [5.74, 6) is 0.0312. The molecule has 0 radical (unpaired) electrons. The van der Waals surface area contributed by atoms with E-state index in [1.807, 2.05) is 34.1 Å². The first-order valence-electron chi connectivity index (χ1n) is 11.0. The van der Waals surface area contributed by atoms with Gasteiger partial charge in [0, 0.05) is 17.6 Å². The highest BCUT2D eigenvalue weighted by atomic mass is 35.5. The fourth-order valence-electron chi connectivity index (χ4n) is 5.10. The lowest BCUT2D eigenvalue weighted by Crippen LogP contribution is -2.65. The third-order valence-corrected chi connectivity index (χ3v) is 6.91. The molecule has 3 amide bonds. The van der Waals surface area contributed by atoms with Crippen molar-refractivity contribution in [2.24, 2.45) is 5.92 Å². The van der Waals surface area contributed by atoms with Gasteiger partial charge < -0.3 is 4.90 Å². The molecule has 6 nitrogen and oxygen atoms in total. The van der Waals surface area contributed by atoms with Crippen LogP contribution in [0.5, 0.6) is 0 Å². The number of fused-ring (bicyclic) bond motifs is 3. The number of amides is 3. The number of hydrogen-bond donors (Lipinski definition) is 1. The van der Waals surface area contributed by atoms with E-state index in [0.29, 0.717) is 18.1 Å². The topological polar surface area (TPSA) is 55.9 Å². The summed E-state index contributed by atoms with van der Waals surface area (Å²) >= 11 is 6.14. The van der Waals surface area contributed by atoms with E-state index in [-0.39, 0.29) is 23.9 Å². The van der Waals surface area contributed by atoms with Gasteiger partial charge in [-0.1, -0.05) is 66.4 Å². The Labute approximate surface area is 187 Å². The lowest BCUT2D eigenvalue weighted by atomic mass is 9.81. The molecule has 3 unspecified atom stereocenters. The molecule has 2 heterocycles. The number of carbonyl (C=O) groups is 2. The largest absolute Gasteiger partial charge is 0.337 e. The molecule has 2 aliphatic heterocycles. The van der Waals surface area contributed by atoms with Gasteiger partial charge in [0.05, 0.1) is 12.5 Å². The van der Waals surface area contributed by atoms with Crippen molar-refractivity contribution in [2.75, 3.05) is 0 Å². The predicted octanol–water partition coefficient (Wildman–Crippen LogP) is 4.28. The molecule has 7 heteroatoms. The van der Waals surface area contributed by atoms with Crippen LogP contribution in [0.4, 0.5) is 4.79 Å². The van der Waals surface area contributed by atoms with Crippen LogP contribution in [0.15, 0.2) is 48.5 Å². The summed E-state index contributed by atoms with van der Waals surface area (Å²) in [6.07, 6.45) is 3.36. The van der Waals surface area contributed by atoms with Crippen molar-refractivity contribution in [2.45, 2.75) is 58.0 Å². The quantitative estimate of drug-likeness (QED) is 0.775. The van der Waals surface area contributed by atoms with Gasteiger partial charge >= 0.3 is 6.03 Å². The summed E-state index contributed by atoms with van der Waals surface area (Å²) < 4.78 is 0. The van der Waals surface area contributed by atoms with Crippen LogP contribution in [0.25, 0.3) is 0 Å². The number of halogens is 1. The van der Waals surface area contributed by atoms with E-state index < -0.39 is 6.29 Å². The Morgan fingerprint density at radius 2 is 1.77 bits per heavy atom. The highest BCUT2D eigenvalue weighted by molar-refractivity contribution is 6.30. The number of urea groups is 1. The Hall–Kier alpha value is -2.57. The monoisotopic (exact) mass is 438 g/mol. The molecule has 5 rings (SSSR count). The number of rotatable bonds is 4. The van der Waals surface area contributed by atoms with Crippen LogP contribution >= 0.6 is 11.6 Å². The van der Waals surface area contributed by atoms with Gasteiger partial charge in [0.15, 0.2) is 6.29 Å². The van der Waals surface area contributed by atoms with Crippen LogP contribution in [-0.2, 0) is 17.9 Å². The zero-order chi connectivity index (χ0) is 21.5.